The lowest BCUT2D eigenvalue weighted by atomic mass is 9.92. The van der Waals surface area contributed by atoms with Gasteiger partial charge >= 0.3 is 0 Å². The van der Waals surface area contributed by atoms with Gasteiger partial charge in [-0.05, 0) is 73.9 Å². The number of halogens is 1. The molecular weight excluding hydrogens is 384 g/mol. The van der Waals surface area contributed by atoms with Gasteiger partial charge in [0.05, 0.1) is 12.8 Å². The summed E-state index contributed by atoms with van der Waals surface area (Å²) in [5.41, 5.74) is 3.66. The van der Waals surface area contributed by atoms with E-state index in [1.165, 1.54) is 30.5 Å². The van der Waals surface area contributed by atoms with E-state index in [2.05, 4.69) is 34.5 Å². The number of ether oxygens (including phenoxy) is 1. The van der Waals surface area contributed by atoms with Crippen LogP contribution >= 0.6 is 11.6 Å². The van der Waals surface area contributed by atoms with E-state index in [4.69, 9.17) is 16.3 Å². The van der Waals surface area contributed by atoms with Crippen molar-refractivity contribution in [1.29, 1.82) is 0 Å². The van der Waals surface area contributed by atoms with Crippen molar-refractivity contribution < 1.29 is 9.53 Å². The number of piperidine rings is 1. The zero-order valence-corrected chi connectivity index (χ0v) is 17.8. The highest BCUT2D eigenvalue weighted by Gasteiger charge is 2.30. The van der Waals surface area contributed by atoms with E-state index in [9.17, 15) is 4.79 Å². The maximum Gasteiger partial charge on any atom is 0.224 e. The summed E-state index contributed by atoms with van der Waals surface area (Å²) in [5, 5.41) is 3.54. The molecule has 0 radical (unpaired) electrons. The van der Waals surface area contributed by atoms with Crippen molar-refractivity contribution in [2.75, 3.05) is 25.5 Å². The second-order valence-corrected chi connectivity index (χ2v) is 8.70. The molecule has 29 heavy (non-hydrogen) atoms. The van der Waals surface area contributed by atoms with Crippen LogP contribution in [0.4, 0.5) is 5.69 Å². The molecule has 5 heteroatoms. The highest BCUT2D eigenvalue weighted by Crippen LogP contribution is 2.31. The lowest BCUT2D eigenvalue weighted by molar-refractivity contribution is -0.116. The molecule has 2 aromatic carbocycles. The molecule has 0 aromatic heterocycles. The number of nitrogens with one attached hydrogen (secondary N) is 1. The van der Waals surface area contributed by atoms with Crippen LogP contribution in [0.1, 0.15) is 36.8 Å². The van der Waals surface area contributed by atoms with Gasteiger partial charge in [-0.25, -0.2) is 0 Å². The normalized spacial score (nSPS) is 19.7. The first-order chi connectivity index (χ1) is 14.1. The molecule has 2 aliphatic rings. The summed E-state index contributed by atoms with van der Waals surface area (Å²) in [6, 6.07) is 14.7. The maximum absolute atomic E-state index is 12.5. The summed E-state index contributed by atoms with van der Waals surface area (Å²) in [4.78, 5) is 15.2. The van der Waals surface area contributed by atoms with Crippen molar-refractivity contribution in [3.63, 3.8) is 0 Å². The molecule has 0 saturated carbocycles. The zero-order chi connectivity index (χ0) is 20.2. The Balaban J connectivity index is 1.28. The molecule has 0 bridgehead atoms. The Bertz CT molecular complexity index is 845. The van der Waals surface area contributed by atoms with Gasteiger partial charge in [0.1, 0.15) is 5.75 Å². The minimum Gasteiger partial charge on any atom is -0.495 e. The fraction of sp³-hybridized carbons (Fsp3) is 0.458. The fourth-order valence-electron chi connectivity index (χ4n) is 4.78. The molecule has 1 N–H and O–H groups in total. The van der Waals surface area contributed by atoms with Gasteiger partial charge < -0.3 is 10.1 Å². The number of methoxy groups -OCH3 is 1. The number of carbonyl (C=O) groups is 1. The Labute approximate surface area is 178 Å². The first-order valence-electron chi connectivity index (χ1n) is 10.6. The molecule has 1 aliphatic heterocycles. The summed E-state index contributed by atoms with van der Waals surface area (Å²) < 4.78 is 5.31. The predicted octanol–water partition coefficient (Wildman–Crippen LogP) is 4.95. The largest absolute Gasteiger partial charge is 0.495 e. The molecule has 4 nitrogen and oxygen atoms in total. The summed E-state index contributed by atoms with van der Waals surface area (Å²) in [6.07, 6.45) is 6.21. The zero-order valence-electron chi connectivity index (χ0n) is 17.0. The smallest absolute Gasteiger partial charge is 0.224 e. The molecule has 1 amide bonds. The highest BCUT2D eigenvalue weighted by molar-refractivity contribution is 6.31. The van der Waals surface area contributed by atoms with Crippen molar-refractivity contribution in [2.24, 2.45) is 5.92 Å². The van der Waals surface area contributed by atoms with Crippen LogP contribution in [0, 0.1) is 5.92 Å². The van der Waals surface area contributed by atoms with Crippen LogP contribution in [0.2, 0.25) is 5.02 Å². The van der Waals surface area contributed by atoms with Crippen molar-refractivity contribution in [3.8, 4) is 5.75 Å². The van der Waals surface area contributed by atoms with Crippen LogP contribution < -0.4 is 10.1 Å². The van der Waals surface area contributed by atoms with Gasteiger partial charge in [0.25, 0.3) is 0 Å². The molecule has 2 aromatic rings. The summed E-state index contributed by atoms with van der Waals surface area (Å²) in [5.74, 6) is 1.24. The van der Waals surface area contributed by atoms with E-state index in [1.54, 1.807) is 25.3 Å². The van der Waals surface area contributed by atoms with Gasteiger partial charge in [-0.2, -0.15) is 0 Å². The van der Waals surface area contributed by atoms with Gasteiger partial charge in [0.2, 0.25) is 5.91 Å². The quantitative estimate of drug-likeness (QED) is 0.730. The van der Waals surface area contributed by atoms with E-state index in [1.807, 2.05) is 0 Å². The van der Waals surface area contributed by atoms with Crippen LogP contribution in [0.5, 0.6) is 5.75 Å². The average molecular weight is 413 g/mol. The molecular formula is C24H29ClN2O2. The monoisotopic (exact) mass is 412 g/mol. The Morgan fingerprint density at radius 1 is 1.21 bits per heavy atom. The van der Waals surface area contributed by atoms with Crippen LogP contribution in [-0.4, -0.2) is 37.0 Å². The minimum absolute atomic E-state index is 0.0240. The van der Waals surface area contributed by atoms with Gasteiger partial charge in [-0.1, -0.05) is 35.9 Å². The molecule has 1 aliphatic carbocycles. The minimum atomic E-state index is 0.0240. The SMILES string of the molecule is COc1ccc(Cl)cc1NC(=O)CC[C@@H]1CCCN(C2Cc3ccccc3C2)C1. The van der Waals surface area contributed by atoms with Crippen molar-refractivity contribution in [3.05, 3.63) is 58.6 Å². The summed E-state index contributed by atoms with van der Waals surface area (Å²) in [6.45, 7) is 2.29. The van der Waals surface area contributed by atoms with Crippen LogP contribution in [0.15, 0.2) is 42.5 Å². The Hall–Kier alpha value is -2.04. The first kappa shape index (κ1) is 20.2. The molecule has 1 atom stereocenters. The third-order valence-electron chi connectivity index (χ3n) is 6.31. The molecule has 0 spiro atoms. The van der Waals surface area contributed by atoms with Gasteiger partial charge in [-0.3, -0.25) is 9.69 Å². The summed E-state index contributed by atoms with van der Waals surface area (Å²) in [7, 11) is 1.59. The second-order valence-electron chi connectivity index (χ2n) is 8.27. The van der Waals surface area contributed by atoms with Gasteiger partial charge in [0, 0.05) is 24.0 Å². The Kier molecular flexibility index (Phi) is 6.41. The number of hydrogen-bond acceptors (Lipinski definition) is 3. The van der Waals surface area contributed by atoms with Crippen molar-refractivity contribution >= 4 is 23.2 Å². The number of benzene rings is 2. The molecule has 1 fully saturated rings. The number of anilines is 1. The number of rotatable bonds is 6. The van der Waals surface area contributed by atoms with Crippen LogP contribution in [0.25, 0.3) is 0 Å². The Morgan fingerprint density at radius 3 is 2.69 bits per heavy atom. The number of hydrogen-bond donors (Lipinski definition) is 1. The van der Waals surface area contributed by atoms with Crippen molar-refractivity contribution in [1.82, 2.24) is 4.90 Å². The summed E-state index contributed by atoms with van der Waals surface area (Å²) >= 11 is 6.06. The van der Waals surface area contributed by atoms with Crippen molar-refractivity contribution in [2.45, 2.75) is 44.6 Å². The molecule has 0 unspecified atom stereocenters. The number of carbonyl (C=O) groups excluding carboxylic acids is 1. The Morgan fingerprint density at radius 2 is 1.97 bits per heavy atom. The lowest BCUT2D eigenvalue weighted by Crippen LogP contribution is -2.43. The topological polar surface area (TPSA) is 41.6 Å². The van der Waals surface area contributed by atoms with Gasteiger partial charge in [-0.15, -0.1) is 0 Å². The second kappa shape index (κ2) is 9.19. The molecule has 1 heterocycles. The number of amides is 1. The first-order valence-corrected chi connectivity index (χ1v) is 10.9. The van der Waals surface area contributed by atoms with E-state index in [0.29, 0.717) is 34.8 Å². The van der Waals surface area contributed by atoms with Crippen LogP contribution in [0.3, 0.4) is 0 Å². The molecule has 154 valence electrons. The fourth-order valence-corrected chi connectivity index (χ4v) is 4.96. The lowest BCUT2D eigenvalue weighted by Gasteiger charge is -2.36. The standard InChI is InChI=1S/C24H29ClN2O2/c1-29-23-10-9-20(25)15-22(23)26-24(28)11-8-17-5-4-12-27(16-17)21-13-18-6-2-3-7-19(18)14-21/h2-3,6-7,9-10,15,17,21H,4-5,8,11-14,16H2,1H3,(H,26,28)/t17-/m0/s1. The number of nitrogens with zero attached hydrogens (tertiary/aromatic N) is 1. The van der Waals surface area contributed by atoms with E-state index in [0.717, 1.165) is 25.8 Å². The number of fused-ring (bicyclic) bond motifs is 1. The molecule has 4 rings (SSSR count). The molecule has 1 saturated heterocycles. The van der Waals surface area contributed by atoms with E-state index < -0.39 is 0 Å². The van der Waals surface area contributed by atoms with Gasteiger partial charge in [0.15, 0.2) is 0 Å². The number of likely N-dealkylation sites (tertiary alicyclic amines) is 1. The highest BCUT2D eigenvalue weighted by atomic mass is 35.5. The van der Waals surface area contributed by atoms with Crippen LogP contribution in [-0.2, 0) is 17.6 Å². The third-order valence-corrected chi connectivity index (χ3v) is 6.55. The van der Waals surface area contributed by atoms with E-state index >= 15 is 0 Å². The maximum atomic E-state index is 12.5. The average Bonchev–Trinajstić information content (AvgIpc) is 3.17. The predicted molar refractivity (Wildman–Crippen MR) is 118 cm³/mol. The third kappa shape index (κ3) is 4.93. The van der Waals surface area contributed by atoms with E-state index in [-0.39, 0.29) is 5.91 Å².